The predicted octanol–water partition coefficient (Wildman–Crippen LogP) is 4.26. The number of carbonyl (C=O) groups is 1. The molecule has 3 heterocycles. The van der Waals surface area contributed by atoms with Crippen LogP contribution in [0.15, 0.2) is 59.8 Å². The molecule has 0 radical (unpaired) electrons. The number of halogens is 1. The Balaban J connectivity index is 1.90. The monoisotopic (exact) mass is 388 g/mol. The molecule has 0 unspecified atom stereocenters. The van der Waals surface area contributed by atoms with Crippen molar-refractivity contribution in [2.24, 2.45) is 0 Å². The molecule has 6 nitrogen and oxygen atoms in total. The van der Waals surface area contributed by atoms with Crippen LogP contribution >= 0.6 is 0 Å². The van der Waals surface area contributed by atoms with Crippen LogP contribution in [-0.2, 0) is 0 Å². The first-order valence-corrected chi connectivity index (χ1v) is 8.80. The highest BCUT2D eigenvalue weighted by atomic mass is 19.1. The van der Waals surface area contributed by atoms with E-state index in [-0.39, 0.29) is 16.7 Å². The second-order valence-electron chi connectivity index (χ2n) is 6.79. The van der Waals surface area contributed by atoms with Gasteiger partial charge in [-0.3, -0.25) is 9.78 Å². The van der Waals surface area contributed by atoms with Gasteiger partial charge < -0.3 is 14.4 Å². The summed E-state index contributed by atoms with van der Waals surface area (Å²) in [6.07, 6.45) is 4.33. The van der Waals surface area contributed by atoms with Crippen molar-refractivity contribution in [3.63, 3.8) is 0 Å². The van der Waals surface area contributed by atoms with Crippen LogP contribution in [0.3, 0.4) is 0 Å². The van der Waals surface area contributed by atoms with Crippen LogP contribution in [0, 0.1) is 5.82 Å². The molecular formula is C22H13FN2O4. The summed E-state index contributed by atoms with van der Waals surface area (Å²) in [7, 11) is 0. The number of aromatic nitrogens is 2. The SMILES string of the molecule is CC1=COc2c(-c3ccc4ncccc4c3)c(F)cc3c(=O)c(C(=O)O)cn1c23. The number of carboxylic acid groups (broad SMARTS) is 1. The summed E-state index contributed by atoms with van der Waals surface area (Å²) in [6, 6.07) is 10.1. The third kappa shape index (κ3) is 2.44. The van der Waals surface area contributed by atoms with E-state index in [2.05, 4.69) is 4.98 Å². The van der Waals surface area contributed by atoms with E-state index < -0.39 is 22.8 Å². The molecule has 0 amide bonds. The molecular weight excluding hydrogens is 375 g/mol. The van der Waals surface area contributed by atoms with Crippen molar-refractivity contribution < 1.29 is 19.0 Å². The third-order valence-corrected chi connectivity index (χ3v) is 5.04. The number of aromatic carboxylic acids is 1. The van der Waals surface area contributed by atoms with Crippen LogP contribution in [-0.4, -0.2) is 20.6 Å². The second-order valence-corrected chi connectivity index (χ2v) is 6.79. The molecule has 142 valence electrons. The predicted molar refractivity (Wildman–Crippen MR) is 106 cm³/mol. The number of hydrogen-bond acceptors (Lipinski definition) is 4. The van der Waals surface area contributed by atoms with Gasteiger partial charge in [0, 0.05) is 17.8 Å². The van der Waals surface area contributed by atoms with E-state index in [0.717, 1.165) is 17.0 Å². The van der Waals surface area contributed by atoms with E-state index in [9.17, 15) is 14.7 Å². The first kappa shape index (κ1) is 17.1. The zero-order valence-electron chi connectivity index (χ0n) is 15.1. The zero-order chi connectivity index (χ0) is 20.3. The molecule has 5 rings (SSSR count). The fraction of sp³-hybridized carbons (Fsp3) is 0.0455. The molecule has 2 aromatic carbocycles. The first-order chi connectivity index (χ1) is 14.0. The average Bonchev–Trinajstić information content (AvgIpc) is 2.71. The molecule has 0 spiro atoms. The zero-order valence-corrected chi connectivity index (χ0v) is 15.1. The number of benzene rings is 2. The Hall–Kier alpha value is -4.00. The second kappa shape index (κ2) is 6.00. The minimum absolute atomic E-state index is 0.0453. The van der Waals surface area contributed by atoms with Gasteiger partial charge in [-0.1, -0.05) is 12.1 Å². The fourth-order valence-electron chi connectivity index (χ4n) is 3.67. The molecule has 0 saturated carbocycles. The standard InChI is InChI=1S/C22H13FN2O4/c1-11-10-29-21-18(13-4-5-17-12(7-13)3-2-6-24-17)16(23)8-14-19(21)25(11)9-15(20(14)26)22(27)28/h2-10H,1H3,(H,27,28). The van der Waals surface area contributed by atoms with Gasteiger partial charge in [-0.15, -0.1) is 0 Å². The van der Waals surface area contributed by atoms with Crippen LogP contribution in [0.4, 0.5) is 4.39 Å². The van der Waals surface area contributed by atoms with Gasteiger partial charge in [-0.05, 0) is 36.8 Å². The summed E-state index contributed by atoms with van der Waals surface area (Å²) in [5.41, 5.74) is 1.26. The molecule has 2 aromatic heterocycles. The van der Waals surface area contributed by atoms with E-state index in [1.54, 1.807) is 42.0 Å². The van der Waals surface area contributed by atoms with Gasteiger partial charge >= 0.3 is 5.97 Å². The smallest absolute Gasteiger partial charge is 0.341 e. The molecule has 0 fully saturated rings. The summed E-state index contributed by atoms with van der Waals surface area (Å²) in [4.78, 5) is 28.4. The summed E-state index contributed by atoms with van der Waals surface area (Å²) in [6.45, 7) is 1.71. The van der Waals surface area contributed by atoms with Gasteiger partial charge in [0.2, 0.25) is 5.43 Å². The first-order valence-electron chi connectivity index (χ1n) is 8.80. The van der Waals surface area contributed by atoms with Crippen molar-refractivity contribution in [3.8, 4) is 16.9 Å². The van der Waals surface area contributed by atoms with Crippen LogP contribution in [0.1, 0.15) is 17.3 Å². The summed E-state index contributed by atoms with van der Waals surface area (Å²) >= 11 is 0. The van der Waals surface area contributed by atoms with Crippen molar-refractivity contribution in [1.29, 1.82) is 0 Å². The Labute approximate surface area is 163 Å². The number of nitrogens with zero attached hydrogens (tertiary/aromatic N) is 2. The molecule has 1 aliphatic heterocycles. The Bertz CT molecular complexity index is 1450. The van der Waals surface area contributed by atoms with Crippen molar-refractivity contribution in [3.05, 3.63) is 76.7 Å². The van der Waals surface area contributed by atoms with Gasteiger partial charge in [0.05, 0.1) is 22.2 Å². The summed E-state index contributed by atoms with van der Waals surface area (Å²) < 4.78 is 22.5. The van der Waals surface area contributed by atoms with Gasteiger partial charge in [-0.2, -0.15) is 0 Å². The summed E-state index contributed by atoms with van der Waals surface area (Å²) in [5.74, 6) is -1.87. The quantitative estimate of drug-likeness (QED) is 0.555. The van der Waals surface area contributed by atoms with E-state index in [4.69, 9.17) is 4.74 Å². The Kier molecular flexibility index (Phi) is 3.54. The maximum absolute atomic E-state index is 15.2. The molecule has 0 saturated heterocycles. The lowest BCUT2D eigenvalue weighted by molar-refractivity contribution is 0.0695. The molecule has 1 N–H and O–H groups in total. The number of pyridine rings is 2. The highest BCUT2D eigenvalue weighted by Gasteiger charge is 2.26. The molecule has 0 bridgehead atoms. The average molecular weight is 388 g/mol. The lowest BCUT2D eigenvalue weighted by atomic mass is 9.98. The van der Waals surface area contributed by atoms with Crippen molar-refractivity contribution in [1.82, 2.24) is 9.55 Å². The van der Waals surface area contributed by atoms with Crippen LogP contribution in [0.25, 0.3) is 38.6 Å². The number of ether oxygens (including phenoxy) is 1. The largest absolute Gasteiger partial charge is 0.477 e. The van der Waals surface area contributed by atoms with E-state index in [1.165, 1.54) is 12.5 Å². The maximum atomic E-state index is 15.2. The number of fused-ring (bicyclic) bond motifs is 1. The Morgan fingerprint density at radius 3 is 2.86 bits per heavy atom. The van der Waals surface area contributed by atoms with Gasteiger partial charge in [0.1, 0.15) is 23.2 Å². The van der Waals surface area contributed by atoms with E-state index in [0.29, 0.717) is 16.8 Å². The van der Waals surface area contributed by atoms with Crippen molar-refractivity contribution in [2.45, 2.75) is 6.92 Å². The third-order valence-electron chi connectivity index (χ3n) is 5.04. The minimum atomic E-state index is -1.37. The number of allylic oxidation sites excluding steroid dienone is 1. The lowest BCUT2D eigenvalue weighted by Crippen LogP contribution is -2.20. The molecule has 4 aromatic rings. The number of hydrogen-bond donors (Lipinski definition) is 1. The highest BCUT2D eigenvalue weighted by Crippen LogP contribution is 2.42. The van der Waals surface area contributed by atoms with Crippen LogP contribution in [0.2, 0.25) is 0 Å². The molecule has 7 heteroatoms. The Morgan fingerprint density at radius 1 is 1.24 bits per heavy atom. The summed E-state index contributed by atoms with van der Waals surface area (Å²) in [5, 5.41) is 10.1. The molecule has 0 atom stereocenters. The lowest BCUT2D eigenvalue weighted by Gasteiger charge is -2.22. The molecule has 1 aliphatic rings. The fourth-order valence-corrected chi connectivity index (χ4v) is 3.67. The topological polar surface area (TPSA) is 81.4 Å². The van der Waals surface area contributed by atoms with Gasteiger partial charge in [-0.25, -0.2) is 9.18 Å². The van der Waals surface area contributed by atoms with Gasteiger partial charge in [0.15, 0.2) is 5.75 Å². The normalized spacial score (nSPS) is 12.7. The van der Waals surface area contributed by atoms with Crippen LogP contribution < -0.4 is 10.2 Å². The van der Waals surface area contributed by atoms with E-state index >= 15 is 4.39 Å². The molecule has 0 aliphatic carbocycles. The van der Waals surface area contributed by atoms with Gasteiger partial charge in [0.25, 0.3) is 0 Å². The van der Waals surface area contributed by atoms with Crippen LogP contribution in [0.5, 0.6) is 5.75 Å². The minimum Gasteiger partial charge on any atom is -0.477 e. The Morgan fingerprint density at radius 2 is 2.07 bits per heavy atom. The molecule has 29 heavy (non-hydrogen) atoms. The maximum Gasteiger partial charge on any atom is 0.341 e. The highest BCUT2D eigenvalue weighted by molar-refractivity contribution is 6.00. The van der Waals surface area contributed by atoms with E-state index in [1.807, 2.05) is 6.07 Å². The van der Waals surface area contributed by atoms with Crippen molar-refractivity contribution in [2.75, 3.05) is 0 Å². The number of rotatable bonds is 2. The number of carboxylic acids is 1. The van der Waals surface area contributed by atoms with Crippen molar-refractivity contribution >= 4 is 33.5 Å².